The van der Waals surface area contributed by atoms with E-state index < -0.39 is 22.1 Å². The number of phenols is 2. The molecule has 0 unspecified atom stereocenters. The summed E-state index contributed by atoms with van der Waals surface area (Å²) in [5.74, 6) is -1.25. The van der Waals surface area contributed by atoms with Crippen molar-refractivity contribution < 1.29 is 15.1 Å². The highest BCUT2D eigenvalue weighted by atomic mass is 32.1. The Morgan fingerprint density at radius 1 is 1.50 bits per heavy atom. The van der Waals surface area contributed by atoms with Crippen LogP contribution >= 0.6 is 11.3 Å². The zero-order chi connectivity index (χ0) is 10.3. The van der Waals surface area contributed by atoms with E-state index in [2.05, 4.69) is 4.98 Å². The molecule has 0 amide bonds. The van der Waals surface area contributed by atoms with Crippen molar-refractivity contribution in [2.45, 2.75) is 0 Å². The standard InChI is InChI=1S/C7H4N2O4S/c10-4-1-3-7(14-2-8-3)5(6(4)11)9(12)13/h1-2,10-11H. The van der Waals surface area contributed by atoms with Crippen LogP contribution in [0.2, 0.25) is 0 Å². The van der Waals surface area contributed by atoms with Gasteiger partial charge >= 0.3 is 5.69 Å². The number of aromatic hydroxyl groups is 2. The van der Waals surface area contributed by atoms with Gasteiger partial charge in [0.05, 0.1) is 16.0 Å². The molecule has 6 nitrogen and oxygen atoms in total. The van der Waals surface area contributed by atoms with Gasteiger partial charge in [-0.15, -0.1) is 11.3 Å². The summed E-state index contributed by atoms with van der Waals surface area (Å²) in [6.07, 6.45) is 0. The van der Waals surface area contributed by atoms with Gasteiger partial charge in [0.15, 0.2) is 5.75 Å². The Bertz CT molecular complexity index is 522. The molecule has 2 aromatic rings. The predicted molar refractivity (Wildman–Crippen MR) is 49.6 cm³/mol. The van der Waals surface area contributed by atoms with Gasteiger partial charge in [-0.3, -0.25) is 10.1 Å². The molecule has 1 heterocycles. The van der Waals surface area contributed by atoms with Crippen molar-refractivity contribution in [1.29, 1.82) is 0 Å². The summed E-state index contributed by atoms with van der Waals surface area (Å²) in [6.45, 7) is 0. The molecule has 0 aliphatic rings. The molecule has 0 saturated heterocycles. The second-order valence-electron chi connectivity index (χ2n) is 2.55. The van der Waals surface area contributed by atoms with E-state index in [9.17, 15) is 20.3 Å². The SMILES string of the molecule is O=[N+]([O-])c1c(O)c(O)cc2ncsc12. The minimum Gasteiger partial charge on any atom is -0.504 e. The van der Waals surface area contributed by atoms with E-state index in [-0.39, 0.29) is 4.70 Å². The van der Waals surface area contributed by atoms with Gasteiger partial charge in [0, 0.05) is 6.07 Å². The van der Waals surface area contributed by atoms with Crippen LogP contribution in [0.3, 0.4) is 0 Å². The number of hydrogen-bond acceptors (Lipinski definition) is 6. The summed E-state index contributed by atoms with van der Waals surface area (Å²) in [6, 6.07) is 1.19. The van der Waals surface area contributed by atoms with E-state index in [1.54, 1.807) is 0 Å². The first kappa shape index (κ1) is 8.70. The minimum atomic E-state index is -0.741. The molecule has 0 aliphatic heterocycles. The zero-order valence-corrected chi connectivity index (χ0v) is 7.48. The molecule has 0 bridgehead atoms. The molecule has 0 aliphatic carbocycles. The highest BCUT2D eigenvalue weighted by Crippen LogP contribution is 2.42. The van der Waals surface area contributed by atoms with Crippen LogP contribution in [0.15, 0.2) is 11.6 Å². The van der Waals surface area contributed by atoms with Crippen LogP contribution in [0.4, 0.5) is 5.69 Å². The van der Waals surface area contributed by atoms with E-state index in [0.29, 0.717) is 5.52 Å². The van der Waals surface area contributed by atoms with Crippen LogP contribution in [0.1, 0.15) is 0 Å². The van der Waals surface area contributed by atoms with Gasteiger partial charge in [0.25, 0.3) is 0 Å². The van der Waals surface area contributed by atoms with Crippen LogP contribution in [-0.2, 0) is 0 Å². The first-order valence-corrected chi connectivity index (χ1v) is 4.41. The summed E-state index contributed by atoms with van der Waals surface area (Å²) >= 11 is 1.04. The van der Waals surface area contributed by atoms with Gasteiger partial charge < -0.3 is 10.2 Å². The topological polar surface area (TPSA) is 96.5 Å². The molecule has 0 fully saturated rings. The molecule has 2 N–H and O–H groups in total. The third kappa shape index (κ3) is 1.06. The van der Waals surface area contributed by atoms with E-state index >= 15 is 0 Å². The van der Waals surface area contributed by atoms with Gasteiger partial charge in [0.2, 0.25) is 5.75 Å². The Hall–Kier alpha value is -1.89. The van der Waals surface area contributed by atoms with Crippen molar-refractivity contribution in [3.05, 3.63) is 21.7 Å². The number of nitrogens with zero attached hydrogens (tertiary/aromatic N) is 2. The minimum absolute atomic E-state index is 0.255. The average molecular weight is 212 g/mol. The van der Waals surface area contributed by atoms with Gasteiger partial charge in [-0.25, -0.2) is 4.98 Å². The quantitative estimate of drug-likeness (QED) is 0.425. The fourth-order valence-corrected chi connectivity index (χ4v) is 1.92. The molecular weight excluding hydrogens is 208 g/mol. The second-order valence-corrected chi connectivity index (χ2v) is 3.41. The van der Waals surface area contributed by atoms with E-state index in [4.69, 9.17) is 0 Å². The summed E-state index contributed by atoms with van der Waals surface area (Å²) in [4.78, 5) is 13.7. The molecule has 0 saturated carbocycles. The van der Waals surface area contributed by atoms with Crippen molar-refractivity contribution in [2.24, 2.45) is 0 Å². The Morgan fingerprint density at radius 3 is 2.86 bits per heavy atom. The highest BCUT2D eigenvalue weighted by Gasteiger charge is 2.23. The van der Waals surface area contributed by atoms with E-state index in [0.717, 1.165) is 11.3 Å². The predicted octanol–water partition coefficient (Wildman–Crippen LogP) is 1.62. The molecule has 14 heavy (non-hydrogen) atoms. The average Bonchev–Trinajstić information content (AvgIpc) is 2.52. The van der Waals surface area contributed by atoms with Crippen molar-refractivity contribution in [1.82, 2.24) is 4.98 Å². The summed E-state index contributed by atoms with van der Waals surface area (Å²) in [5, 5.41) is 29.0. The monoisotopic (exact) mass is 212 g/mol. The molecule has 1 aromatic carbocycles. The lowest BCUT2D eigenvalue weighted by molar-refractivity contribution is -0.383. The Balaban J connectivity index is 2.93. The van der Waals surface area contributed by atoms with Crippen LogP contribution in [0, 0.1) is 10.1 Å². The lowest BCUT2D eigenvalue weighted by Crippen LogP contribution is -1.89. The van der Waals surface area contributed by atoms with Crippen molar-refractivity contribution in [3.63, 3.8) is 0 Å². The van der Waals surface area contributed by atoms with E-state index in [1.165, 1.54) is 11.6 Å². The van der Waals surface area contributed by atoms with Crippen molar-refractivity contribution >= 4 is 27.2 Å². The van der Waals surface area contributed by atoms with Crippen molar-refractivity contribution in [3.8, 4) is 11.5 Å². The normalized spacial score (nSPS) is 10.6. The fraction of sp³-hybridized carbons (Fsp3) is 0. The largest absolute Gasteiger partial charge is 0.504 e. The Morgan fingerprint density at radius 2 is 2.21 bits per heavy atom. The first-order chi connectivity index (χ1) is 6.61. The number of nitro benzene ring substituents is 1. The third-order valence-corrected chi connectivity index (χ3v) is 2.58. The van der Waals surface area contributed by atoms with Gasteiger partial charge in [-0.2, -0.15) is 0 Å². The lowest BCUT2D eigenvalue weighted by Gasteiger charge is -1.98. The molecule has 0 spiro atoms. The van der Waals surface area contributed by atoms with Crippen LogP contribution in [-0.4, -0.2) is 20.1 Å². The van der Waals surface area contributed by atoms with Crippen molar-refractivity contribution in [2.75, 3.05) is 0 Å². The van der Waals surface area contributed by atoms with Gasteiger partial charge in [-0.1, -0.05) is 0 Å². The molecular formula is C7H4N2O4S. The lowest BCUT2D eigenvalue weighted by atomic mass is 10.2. The molecule has 0 atom stereocenters. The van der Waals surface area contributed by atoms with Crippen LogP contribution in [0.25, 0.3) is 10.2 Å². The molecule has 1 aromatic heterocycles. The fourth-order valence-electron chi connectivity index (χ4n) is 1.13. The number of benzene rings is 1. The molecule has 0 radical (unpaired) electrons. The second kappa shape index (κ2) is 2.81. The van der Waals surface area contributed by atoms with Crippen LogP contribution < -0.4 is 0 Å². The highest BCUT2D eigenvalue weighted by molar-refractivity contribution is 7.17. The number of nitro groups is 1. The summed E-state index contributed by atoms with van der Waals surface area (Å²) in [5.41, 5.74) is 1.22. The number of hydrogen-bond donors (Lipinski definition) is 2. The van der Waals surface area contributed by atoms with Gasteiger partial charge in [0.1, 0.15) is 4.70 Å². The maximum Gasteiger partial charge on any atom is 0.333 e. The maximum atomic E-state index is 10.6. The summed E-state index contributed by atoms with van der Waals surface area (Å²) < 4.78 is 0.255. The number of aromatic nitrogens is 1. The van der Waals surface area contributed by atoms with Crippen LogP contribution in [0.5, 0.6) is 11.5 Å². The maximum absolute atomic E-state index is 10.6. The van der Waals surface area contributed by atoms with Gasteiger partial charge in [-0.05, 0) is 0 Å². The molecule has 72 valence electrons. The smallest absolute Gasteiger partial charge is 0.333 e. The summed E-state index contributed by atoms with van der Waals surface area (Å²) in [7, 11) is 0. The number of phenolic OH excluding ortho intramolecular Hbond substituents is 2. The molecule has 2 rings (SSSR count). The van der Waals surface area contributed by atoms with E-state index in [1.807, 2.05) is 0 Å². The first-order valence-electron chi connectivity index (χ1n) is 3.53. The number of thiazole rings is 1. The number of rotatable bonds is 1. The zero-order valence-electron chi connectivity index (χ0n) is 6.67. The Labute approximate surface area is 81.2 Å². The number of fused-ring (bicyclic) bond motifs is 1. The Kier molecular flexibility index (Phi) is 1.74. The molecule has 7 heteroatoms. The third-order valence-electron chi connectivity index (χ3n) is 1.73.